The molecular formula is C13H26N4O3S. The molecule has 0 aromatic carbocycles. The van der Waals surface area contributed by atoms with E-state index in [0.29, 0.717) is 44.2 Å². The number of hydrogen-bond donors (Lipinski definition) is 2. The predicted molar refractivity (Wildman–Crippen MR) is 81.6 cm³/mol. The number of aryl methyl sites for hydroxylation is 1. The van der Waals surface area contributed by atoms with Gasteiger partial charge in [-0.05, 0) is 20.4 Å². The summed E-state index contributed by atoms with van der Waals surface area (Å²) in [6.07, 6.45) is 0. The summed E-state index contributed by atoms with van der Waals surface area (Å²) in [5.41, 5.74) is 1.10. The fourth-order valence-electron chi connectivity index (χ4n) is 2.06. The largest absolute Gasteiger partial charge is 0.380 e. The van der Waals surface area contributed by atoms with Gasteiger partial charge < -0.3 is 10.1 Å². The minimum absolute atomic E-state index is 0.279. The number of aromatic amines is 1. The summed E-state index contributed by atoms with van der Waals surface area (Å²) in [6.45, 7) is 10.3. The summed E-state index contributed by atoms with van der Waals surface area (Å²) in [5.74, 6) is 0. The van der Waals surface area contributed by atoms with Gasteiger partial charge in [-0.3, -0.25) is 5.10 Å². The summed E-state index contributed by atoms with van der Waals surface area (Å²) in [5, 5.41) is 9.99. The molecule has 0 saturated carbocycles. The van der Waals surface area contributed by atoms with Crippen LogP contribution in [0.3, 0.4) is 0 Å². The van der Waals surface area contributed by atoms with Gasteiger partial charge in [-0.1, -0.05) is 13.8 Å². The topological polar surface area (TPSA) is 87.3 Å². The first-order chi connectivity index (χ1) is 9.98. The monoisotopic (exact) mass is 318 g/mol. The third kappa shape index (κ3) is 4.50. The Morgan fingerprint density at radius 2 is 2.05 bits per heavy atom. The first kappa shape index (κ1) is 18.1. The maximum absolute atomic E-state index is 12.8. The van der Waals surface area contributed by atoms with Crippen LogP contribution in [0.4, 0.5) is 0 Å². The number of nitrogens with one attached hydrogen (secondary N) is 2. The molecule has 0 saturated heterocycles. The molecule has 1 aromatic heterocycles. The summed E-state index contributed by atoms with van der Waals surface area (Å²) < 4.78 is 32.3. The maximum atomic E-state index is 12.8. The number of ether oxygens (including phenoxy) is 1. The molecule has 0 fully saturated rings. The second-order valence-electron chi connectivity index (χ2n) is 4.60. The fraction of sp³-hybridized carbons (Fsp3) is 0.769. The van der Waals surface area contributed by atoms with Crippen LogP contribution in [-0.2, 0) is 21.3 Å². The molecule has 0 aliphatic carbocycles. The highest BCUT2D eigenvalue weighted by atomic mass is 32.2. The zero-order valence-electron chi connectivity index (χ0n) is 13.3. The van der Waals surface area contributed by atoms with Crippen molar-refractivity contribution >= 4 is 10.0 Å². The van der Waals surface area contributed by atoms with Crippen molar-refractivity contribution in [2.45, 2.75) is 39.1 Å². The molecule has 0 unspecified atom stereocenters. The summed E-state index contributed by atoms with van der Waals surface area (Å²) in [6, 6.07) is 0. The Hall–Kier alpha value is -0.960. The molecule has 0 radical (unpaired) electrons. The number of sulfonamides is 1. The van der Waals surface area contributed by atoms with Gasteiger partial charge in [-0.2, -0.15) is 9.40 Å². The minimum atomic E-state index is -3.56. The van der Waals surface area contributed by atoms with Gasteiger partial charge in [-0.15, -0.1) is 0 Å². The number of aromatic nitrogens is 2. The van der Waals surface area contributed by atoms with E-state index in [-0.39, 0.29) is 4.90 Å². The summed E-state index contributed by atoms with van der Waals surface area (Å²) in [7, 11) is -3.56. The van der Waals surface area contributed by atoms with Crippen LogP contribution in [0.25, 0.3) is 0 Å². The van der Waals surface area contributed by atoms with Crippen molar-refractivity contribution < 1.29 is 13.2 Å². The quantitative estimate of drug-likeness (QED) is 0.625. The van der Waals surface area contributed by atoms with Crippen molar-refractivity contribution in [1.29, 1.82) is 0 Å². The van der Waals surface area contributed by atoms with E-state index < -0.39 is 10.0 Å². The fourth-order valence-corrected chi connectivity index (χ4v) is 3.82. The van der Waals surface area contributed by atoms with E-state index in [1.165, 1.54) is 4.31 Å². The average Bonchev–Trinajstić information content (AvgIpc) is 2.82. The van der Waals surface area contributed by atoms with Crippen molar-refractivity contribution in [2.75, 3.05) is 32.8 Å². The molecule has 0 aliphatic rings. The van der Waals surface area contributed by atoms with Crippen LogP contribution in [0.15, 0.2) is 4.90 Å². The van der Waals surface area contributed by atoms with Gasteiger partial charge in [0.25, 0.3) is 0 Å². The van der Waals surface area contributed by atoms with Gasteiger partial charge in [0.15, 0.2) is 0 Å². The van der Waals surface area contributed by atoms with Crippen molar-refractivity contribution in [1.82, 2.24) is 19.8 Å². The molecular weight excluding hydrogens is 292 g/mol. The zero-order valence-corrected chi connectivity index (χ0v) is 14.1. The number of H-pyrrole nitrogens is 1. The molecule has 1 heterocycles. The number of rotatable bonds is 10. The first-order valence-corrected chi connectivity index (χ1v) is 8.75. The smallest absolute Gasteiger partial charge is 0.246 e. The normalized spacial score (nSPS) is 12.2. The lowest BCUT2D eigenvalue weighted by atomic mass is 10.3. The molecule has 0 bridgehead atoms. The van der Waals surface area contributed by atoms with Crippen LogP contribution in [0.5, 0.6) is 0 Å². The Balaban J connectivity index is 3.01. The van der Waals surface area contributed by atoms with Crippen molar-refractivity contribution in [3.8, 4) is 0 Å². The molecule has 122 valence electrons. The van der Waals surface area contributed by atoms with Crippen LogP contribution >= 0.6 is 0 Å². The van der Waals surface area contributed by atoms with Gasteiger partial charge in [0.2, 0.25) is 10.0 Å². The maximum Gasteiger partial charge on any atom is 0.246 e. The van der Waals surface area contributed by atoms with E-state index in [0.717, 1.165) is 6.54 Å². The van der Waals surface area contributed by atoms with E-state index in [2.05, 4.69) is 15.5 Å². The third-order valence-corrected chi connectivity index (χ3v) is 5.32. The zero-order chi connectivity index (χ0) is 15.9. The van der Waals surface area contributed by atoms with E-state index in [9.17, 15) is 8.42 Å². The van der Waals surface area contributed by atoms with E-state index in [1.807, 2.05) is 20.8 Å². The third-order valence-electron chi connectivity index (χ3n) is 3.14. The predicted octanol–water partition coefficient (Wildman–Crippen LogP) is 0.875. The Kier molecular flexibility index (Phi) is 7.30. The summed E-state index contributed by atoms with van der Waals surface area (Å²) in [4.78, 5) is 0.279. The van der Waals surface area contributed by atoms with Crippen molar-refractivity contribution in [3.05, 3.63) is 11.4 Å². The minimum Gasteiger partial charge on any atom is -0.380 e. The van der Waals surface area contributed by atoms with Crippen LogP contribution in [0.2, 0.25) is 0 Å². The van der Waals surface area contributed by atoms with Crippen LogP contribution in [0.1, 0.15) is 32.2 Å². The standard InChI is InChI=1S/C13H26N4O3S/c1-5-14-10-12-13(11(4)15-16-12)21(18,19)17(6-2)8-9-20-7-3/h14H,5-10H2,1-4H3,(H,15,16). The SMILES string of the molecule is CCNCc1n[nH]c(C)c1S(=O)(=O)N(CC)CCOCC. The molecule has 0 spiro atoms. The molecule has 21 heavy (non-hydrogen) atoms. The molecule has 2 N–H and O–H groups in total. The van der Waals surface area contributed by atoms with Gasteiger partial charge in [0, 0.05) is 26.2 Å². The molecule has 7 nitrogen and oxygen atoms in total. The van der Waals surface area contributed by atoms with Gasteiger partial charge >= 0.3 is 0 Å². The highest BCUT2D eigenvalue weighted by Crippen LogP contribution is 2.22. The molecule has 8 heteroatoms. The molecule has 1 aromatic rings. The van der Waals surface area contributed by atoms with Crippen LogP contribution in [-0.4, -0.2) is 55.8 Å². The molecule has 1 rings (SSSR count). The van der Waals surface area contributed by atoms with Crippen LogP contribution in [0, 0.1) is 6.92 Å². The highest BCUT2D eigenvalue weighted by molar-refractivity contribution is 7.89. The number of hydrogen-bond acceptors (Lipinski definition) is 5. The first-order valence-electron chi connectivity index (χ1n) is 7.31. The molecule has 0 aliphatic heterocycles. The van der Waals surface area contributed by atoms with Gasteiger partial charge in [0.1, 0.15) is 4.90 Å². The van der Waals surface area contributed by atoms with Crippen molar-refractivity contribution in [3.63, 3.8) is 0 Å². The second kappa shape index (κ2) is 8.47. The molecule has 0 atom stereocenters. The highest BCUT2D eigenvalue weighted by Gasteiger charge is 2.29. The number of nitrogens with zero attached hydrogens (tertiary/aromatic N) is 2. The Morgan fingerprint density at radius 1 is 1.33 bits per heavy atom. The Bertz CT molecular complexity index is 528. The Morgan fingerprint density at radius 3 is 2.62 bits per heavy atom. The van der Waals surface area contributed by atoms with E-state index in [4.69, 9.17) is 4.74 Å². The van der Waals surface area contributed by atoms with Crippen molar-refractivity contribution in [2.24, 2.45) is 0 Å². The lowest BCUT2D eigenvalue weighted by molar-refractivity contribution is 0.135. The van der Waals surface area contributed by atoms with E-state index >= 15 is 0 Å². The van der Waals surface area contributed by atoms with E-state index in [1.54, 1.807) is 6.92 Å². The lowest BCUT2D eigenvalue weighted by Crippen LogP contribution is -2.35. The Labute approximate surface area is 127 Å². The molecule has 0 amide bonds. The second-order valence-corrected chi connectivity index (χ2v) is 6.47. The number of likely N-dealkylation sites (N-methyl/N-ethyl adjacent to an activating group) is 1. The average molecular weight is 318 g/mol. The van der Waals surface area contributed by atoms with Crippen LogP contribution < -0.4 is 5.32 Å². The lowest BCUT2D eigenvalue weighted by Gasteiger charge is -2.20. The summed E-state index contributed by atoms with van der Waals surface area (Å²) >= 11 is 0. The van der Waals surface area contributed by atoms with Gasteiger partial charge in [0.05, 0.1) is 18.0 Å². The van der Waals surface area contributed by atoms with Gasteiger partial charge in [-0.25, -0.2) is 8.42 Å².